The molecule has 0 unspecified atom stereocenters. The van der Waals surface area contributed by atoms with Crippen LogP contribution in [0, 0.1) is 6.92 Å². The molecule has 2 N–H and O–H groups in total. The van der Waals surface area contributed by atoms with Gasteiger partial charge in [0.1, 0.15) is 0 Å². The molecule has 6 heteroatoms. The number of pyridine rings is 1. The van der Waals surface area contributed by atoms with Gasteiger partial charge < -0.3 is 10.1 Å². The number of carboxylic acid groups (broad SMARTS) is 1. The molecule has 0 fully saturated rings. The van der Waals surface area contributed by atoms with Crippen molar-refractivity contribution >= 4 is 28.5 Å². The van der Waals surface area contributed by atoms with E-state index in [4.69, 9.17) is 5.11 Å². The van der Waals surface area contributed by atoms with E-state index in [-0.39, 0.29) is 5.56 Å². The van der Waals surface area contributed by atoms with Crippen LogP contribution in [-0.4, -0.2) is 26.0 Å². The van der Waals surface area contributed by atoms with Crippen LogP contribution < -0.4 is 0 Å². The lowest BCUT2D eigenvalue weighted by atomic mass is 10.2. The van der Waals surface area contributed by atoms with E-state index < -0.39 is 5.97 Å². The molecule has 0 aromatic carbocycles. The van der Waals surface area contributed by atoms with Crippen molar-refractivity contribution in [3.63, 3.8) is 0 Å². The van der Waals surface area contributed by atoms with Gasteiger partial charge in [-0.05, 0) is 30.0 Å². The van der Waals surface area contributed by atoms with Gasteiger partial charge in [-0.1, -0.05) is 0 Å². The Labute approximate surface area is 106 Å². The molecule has 3 heterocycles. The van der Waals surface area contributed by atoms with E-state index in [0.29, 0.717) is 17.0 Å². The molecule has 3 aromatic heterocycles. The average Bonchev–Trinajstić information content (AvgIpc) is 2.92. The Morgan fingerprint density at radius 3 is 2.94 bits per heavy atom. The third kappa shape index (κ3) is 1.58. The maximum absolute atomic E-state index is 11.1. The Bertz CT molecular complexity index is 745. The minimum absolute atomic E-state index is 0.188. The van der Waals surface area contributed by atoms with E-state index in [0.717, 1.165) is 10.4 Å². The maximum atomic E-state index is 11.1. The lowest BCUT2D eigenvalue weighted by Crippen LogP contribution is -1.97. The number of carboxylic acids is 1. The number of aryl methyl sites for hydroxylation is 1. The van der Waals surface area contributed by atoms with Crippen LogP contribution in [0.15, 0.2) is 23.7 Å². The van der Waals surface area contributed by atoms with Crippen molar-refractivity contribution < 1.29 is 9.90 Å². The summed E-state index contributed by atoms with van der Waals surface area (Å²) in [6.45, 7) is 1.99. The summed E-state index contributed by atoms with van der Waals surface area (Å²) in [5.41, 5.74) is 2.19. The van der Waals surface area contributed by atoms with Gasteiger partial charge in [0.2, 0.25) is 0 Å². The van der Waals surface area contributed by atoms with Crippen molar-refractivity contribution in [3.8, 4) is 10.7 Å². The Hall–Kier alpha value is -2.21. The van der Waals surface area contributed by atoms with Crippen LogP contribution >= 0.6 is 11.3 Å². The van der Waals surface area contributed by atoms with E-state index in [9.17, 15) is 4.79 Å². The van der Waals surface area contributed by atoms with Gasteiger partial charge in [0.25, 0.3) is 0 Å². The fraction of sp³-hybridized carbons (Fsp3) is 0.0833. The lowest BCUT2D eigenvalue weighted by Gasteiger charge is -1.94. The van der Waals surface area contributed by atoms with Crippen LogP contribution in [0.3, 0.4) is 0 Å². The second-order valence-electron chi connectivity index (χ2n) is 3.88. The monoisotopic (exact) mass is 259 g/mol. The van der Waals surface area contributed by atoms with Crippen molar-refractivity contribution in [1.29, 1.82) is 0 Å². The molecular formula is C12H9N3O2S. The molecule has 0 saturated carbocycles. The SMILES string of the molecule is Cc1ccsc1-c1nc2nccc(C(=O)O)c2[nH]1. The third-order valence-corrected chi connectivity index (χ3v) is 3.72. The van der Waals surface area contributed by atoms with Gasteiger partial charge in [0, 0.05) is 6.20 Å². The second kappa shape index (κ2) is 3.92. The molecule has 0 aliphatic rings. The van der Waals surface area contributed by atoms with E-state index in [1.807, 2.05) is 18.4 Å². The number of aromatic nitrogens is 3. The predicted octanol–water partition coefficient (Wildman–Crippen LogP) is 2.69. The normalized spacial score (nSPS) is 10.9. The first kappa shape index (κ1) is 10.9. The molecule has 5 nitrogen and oxygen atoms in total. The van der Waals surface area contributed by atoms with Crippen molar-refractivity contribution in [2.75, 3.05) is 0 Å². The number of nitrogens with one attached hydrogen (secondary N) is 1. The van der Waals surface area contributed by atoms with E-state index in [2.05, 4.69) is 15.0 Å². The molecule has 18 heavy (non-hydrogen) atoms. The summed E-state index contributed by atoms with van der Waals surface area (Å²) in [7, 11) is 0. The van der Waals surface area contributed by atoms with Crippen LogP contribution in [0.1, 0.15) is 15.9 Å². The minimum Gasteiger partial charge on any atom is -0.478 e. The summed E-state index contributed by atoms with van der Waals surface area (Å²) in [6.07, 6.45) is 1.46. The minimum atomic E-state index is -0.986. The second-order valence-corrected chi connectivity index (χ2v) is 4.80. The first-order chi connectivity index (χ1) is 8.66. The largest absolute Gasteiger partial charge is 0.478 e. The van der Waals surface area contributed by atoms with E-state index >= 15 is 0 Å². The van der Waals surface area contributed by atoms with E-state index in [1.165, 1.54) is 12.3 Å². The van der Waals surface area contributed by atoms with Crippen molar-refractivity contribution in [1.82, 2.24) is 15.0 Å². The zero-order valence-electron chi connectivity index (χ0n) is 9.47. The van der Waals surface area contributed by atoms with Crippen LogP contribution in [0.25, 0.3) is 21.9 Å². The zero-order chi connectivity index (χ0) is 12.7. The number of H-pyrrole nitrogens is 1. The maximum Gasteiger partial charge on any atom is 0.338 e. The highest BCUT2D eigenvalue weighted by Crippen LogP contribution is 2.28. The quantitative estimate of drug-likeness (QED) is 0.741. The molecule has 0 amide bonds. The highest BCUT2D eigenvalue weighted by Gasteiger charge is 2.15. The molecule has 0 aliphatic heterocycles. The van der Waals surface area contributed by atoms with Crippen LogP contribution in [0.5, 0.6) is 0 Å². The molecule has 3 rings (SSSR count). The smallest absolute Gasteiger partial charge is 0.338 e. The Kier molecular flexibility index (Phi) is 2.38. The molecule has 0 spiro atoms. The Balaban J connectivity index is 2.26. The topological polar surface area (TPSA) is 78.9 Å². The number of aromatic carboxylic acids is 1. The third-order valence-electron chi connectivity index (χ3n) is 2.70. The summed E-state index contributed by atoms with van der Waals surface area (Å²) in [5, 5.41) is 11.1. The van der Waals surface area contributed by atoms with Crippen molar-refractivity contribution in [3.05, 3.63) is 34.8 Å². The average molecular weight is 259 g/mol. The Morgan fingerprint density at radius 1 is 1.44 bits per heavy atom. The predicted molar refractivity (Wildman–Crippen MR) is 68.9 cm³/mol. The number of fused-ring (bicyclic) bond motifs is 1. The number of aromatic amines is 1. The number of carbonyl (C=O) groups is 1. The van der Waals surface area contributed by atoms with Crippen molar-refractivity contribution in [2.45, 2.75) is 6.92 Å². The van der Waals surface area contributed by atoms with E-state index in [1.54, 1.807) is 11.3 Å². The molecule has 3 aromatic rings. The Morgan fingerprint density at radius 2 is 2.28 bits per heavy atom. The summed E-state index contributed by atoms with van der Waals surface area (Å²) in [5.74, 6) is -0.320. The molecule has 0 atom stereocenters. The molecule has 0 aliphatic carbocycles. The van der Waals surface area contributed by atoms with Crippen LogP contribution in [-0.2, 0) is 0 Å². The van der Waals surface area contributed by atoms with Gasteiger partial charge in [-0.15, -0.1) is 11.3 Å². The number of imidazole rings is 1. The number of rotatable bonds is 2. The van der Waals surface area contributed by atoms with Gasteiger partial charge in [0.05, 0.1) is 16.0 Å². The van der Waals surface area contributed by atoms with Gasteiger partial charge >= 0.3 is 5.97 Å². The van der Waals surface area contributed by atoms with Gasteiger partial charge in [0.15, 0.2) is 11.5 Å². The number of hydrogen-bond acceptors (Lipinski definition) is 4. The highest BCUT2D eigenvalue weighted by atomic mass is 32.1. The molecule has 0 radical (unpaired) electrons. The summed E-state index contributed by atoms with van der Waals surface area (Å²) in [6, 6.07) is 3.46. The van der Waals surface area contributed by atoms with Crippen LogP contribution in [0.2, 0.25) is 0 Å². The highest BCUT2D eigenvalue weighted by molar-refractivity contribution is 7.13. The molecule has 90 valence electrons. The summed E-state index contributed by atoms with van der Waals surface area (Å²) in [4.78, 5) is 23.6. The summed E-state index contributed by atoms with van der Waals surface area (Å²) >= 11 is 1.56. The standard InChI is InChI=1S/C12H9N3O2S/c1-6-3-5-18-9(6)11-14-8-7(12(16)17)2-4-13-10(8)15-11/h2-5H,1H3,(H,16,17)(H,13,14,15). The zero-order valence-corrected chi connectivity index (χ0v) is 10.3. The first-order valence-corrected chi connectivity index (χ1v) is 6.17. The fourth-order valence-electron chi connectivity index (χ4n) is 1.81. The summed E-state index contributed by atoms with van der Waals surface area (Å²) < 4.78 is 0. The van der Waals surface area contributed by atoms with Gasteiger partial charge in [-0.3, -0.25) is 0 Å². The van der Waals surface area contributed by atoms with Gasteiger partial charge in [-0.25, -0.2) is 14.8 Å². The number of thiophene rings is 1. The van der Waals surface area contributed by atoms with Crippen molar-refractivity contribution in [2.24, 2.45) is 0 Å². The molecule has 0 saturated heterocycles. The molecular weight excluding hydrogens is 250 g/mol. The fourth-order valence-corrected chi connectivity index (χ4v) is 2.68. The van der Waals surface area contributed by atoms with Crippen LogP contribution in [0.4, 0.5) is 0 Å². The lowest BCUT2D eigenvalue weighted by molar-refractivity contribution is 0.0699. The van der Waals surface area contributed by atoms with Gasteiger partial charge in [-0.2, -0.15) is 0 Å². The number of nitrogens with zero attached hydrogens (tertiary/aromatic N) is 2. The first-order valence-electron chi connectivity index (χ1n) is 5.29. The molecule has 0 bridgehead atoms. The number of hydrogen-bond donors (Lipinski definition) is 2.